The number of nitriles is 1. The molecule has 0 aliphatic carbocycles. The summed E-state index contributed by atoms with van der Waals surface area (Å²) in [5, 5.41) is 11.3. The molecule has 0 saturated carbocycles. The molecule has 6 heteroatoms. The van der Waals surface area contributed by atoms with E-state index in [0.717, 1.165) is 24.8 Å². The molecular weight excluding hydrogens is 332 g/mol. The molecule has 1 aliphatic heterocycles. The first-order valence-corrected chi connectivity index (χ1v) is 9.14. The summed E-state index contributed by atoms with van der Waals surface area (Å²) in [5.74, 6) is 0. The summed E-state index contributed by atoms with van der Waals surface area (Å²) in [4.78, 5) is 14.1. The van der Waals surface area contributed by atoms with Crippen molar-refractivity contribution in [3.8, 4) is 6.07 Å². The van der Waals surface area contributed by atoms with E-state index in [1.165, 1.54) is 0 Å². The van der Waals surface area contributed by atoms with Gasteiger partial charge in [0.2, 0.25) is 0 Å². The van der Waals surface area contributed by atoms with Gasteiger partial charge >= 0.3 is 6.09 Å². The fourth-order valence-corrected chi connectivity index (χ4v) is 3.17. The summed E-state index contributed by atoms with van der Waals surface area (Å²) in [6, 6.07) is 7.36. The molecule has 1 amide bonds. The van der Waals surface area contributed by atoms with Gasteiger partial charge in [0.05, 0.1) is 16.6 Å². The molecule has 0 bridgehead atoms. The minimum absolute atomic E-state index is 0.0500. The minimum Gasteiger partial charge on any atom is -0.445 e. The summed E-state index contributed by atoms with van der Waals surface area (Å²) in [7, 11) is 0. The maximum atomic E-state index is 12.3. The van der Waals surface area contributed by atoms with Gasteiger partial charge < -0.3 is 9.64 Å². The van der Waals surface area contributed by atoms with Gasteiger partial charge in [0.15, 0.2) is 0 Å². The number of likely N-dealkylation sites (tertiary alicyclic amines) is 1. The lowest BCUT2D eigenvalue weighted by Crippen LogP contribution is -2.38. The van der Waals surface area contributed by atoms with Gasteiger partial charge in [0.1, 0.15) is 12.7 Å². The SMILES string of the molecule is CS/C=C/COC(=O)N1CCCCC1c1ccc(C#N)c(Cl)c1. The Bertz CT molecular complexity index is 628. The molecule has 122 valence electrons. The number of hydrogen-bond acceptors (Lipinski definition) is 4. The largest absolute Gasteiger partial charge is 0.445 e. The Balaban J connectivity index is 2.12. The second-order valence-corrected chi connectivity index (χ2v) is 6.39. The fourth-order valence-electron chi connectivity index (χ4n) is 2.66. The molecule has 1 unspecified atom stereocenters. The first kappa shape index (κ1) is 17.7. The number of halogens is 1. The van der Waals surface area contributed by atoms with E-state index in [9.17, 15) is 4.79 Å². The molecule has 1 fully saturated rings. The summed E-state index contributed by atoms with van der Waals surface area (Å²) in [6.07, 6.45) is 6.36. The number of ether oxygens (including phenoxy) is 1. The van der Waals surface area contributed by atoms with Gasteiger partial charge in [-0.1, -0.05) is 17.7 Å². The van der Waals surface area contributed by atoms with Crippen molar-refractivity contribution >= 4 is 29.5 Å². The molecule has 1 aliphatic rings. The maximum absolute atomic E-state index is 12.3. The average molecular weight is 351 g/mol. The van der Waals surface area contributed by atoms with Crippen LogP contribution in [0.2, 0.25) is 5.02 Å². The highest BCUT2D eigenvalue weighted by atomic mass is 35.5. The van der Waals surface area contributed by atoms with E-state index in [4.69, 9.17) is 21.6 Å². The first-order chi connectivity index (χ1) is 11.2. The Morgan fingerprint density at radius 2 is 2.39 bits per heavy atom. The van der Waals surface area contributed by atoms with Gasteiger partial charge in [-0.2, -0.15) is 5.26 Å². The zero-order valence-corrected chi connectivity index (χ0v) is 14.6. The van der Waals surface area contributed by atoms with Crippen molar-refractivity contribution in [2.24, 2.45) is 0 Å². The molecule has 1 aromatic rings. The van der Waals surface area contributed by atoms with E-state index in [1.54, 1.807) is 28.8 Å². The van der Waals surface area contributed by atoms with Crippen LogP contribution in [0.15, 0.2) is 29.7 Å². The second-order valence-electron chi connectivity index (χ2n) is 5.24. The van der Waals surface area contributed by atoms with Gasteiger partial charge in [-0.3, -0.25) is 0 Å². The lowest BCUT2D eigenvalue weighted by atomic mass is 9.95. The normalized spacial score (nSPS) is 18.0. The molecule has 1 atom stereocenters. The number of amides is 1. The van der Waals surface area contributed by atoms with E-state index >= 15 is 0 Å². The molecule has 2 rings (SSSR count). The van der Waals surface area contributed by atoms with Crippen molar-refractivity contribution in [1.82, 2.24) is 4.90 Å². The van der Waals surface area contributed by atoms with Gasteiger partial charge in [0, 0.05) is 6.54 Å². The van der Waals surface area contributed by atoms with Crippen LogP contribution in [0.4, 0.5) is 4.79 Å². The predicted octanol–water partition coefficient (Wildman–Crippen LogP) is 4.75. The molecule has 4 nitrogen and oxygen atoms in total. The lowest BCUT2D eigenvalue weighted by molar-refractivity contribution is 0.0806. The van der Waals surface area contributed by atoms with Crippen molar-refractivity contribution < 1.29 is 9.53 Å². The molecular formula is C17H19ClN2O2S. The van der Waals surface area contributed by atoms with Crippen LogP contribution >= 0.6 is 23.4 Å². The lowest BCUT2D eigenvalue weighted by Gasteiger charge is -2.35. The first-order valence-electron chi connectivity index (χ1n) is 7.48. The van der Waals surface area contributed by atoms with Crippen molar-refractivity contribution in [3.05, 3.63) is 45.8 Å². The van der Waals surface area contributed by atoms with Crippen molar-refractivity contribution in [3.63, 3.8) is 0 Å². The van der Waals surface area contributed by atoms with Crippen molar-refractivity contribution in [2.45, 2.75) is 25.3 Å². The van der Waals surface area contributed by atoms with Gasteiger partial charge in [-0.25, -0.2) is 4.79 Å². The van der Waals surface area contributed by atoms with Crippen LogP contribution in [0.3, 0.4) is 0 Å². The zero-order valence-electron chi connectivity index (χ0n) is 13.0. The summed E-state index contributed by atoms with van der Waals surface area (Å²) in [6.45, 7) is 0.949. The number of carbonyl (C=O) groups is 1. The zero-order chi connectivity index (χ0) is 16.7. The van der Waals surface area contributed by atoms with Gasteiger partial charge in [-0.05, 0) is 54.7 Å². The van der Waals surface area contributed by atoms with E-state index in [-0.39, 0.29) is 18.7 Å². The number of thioether (sulfide) groups is 1. The van der Waals surface area contributed by atoms with Crippen LogP contribution in [0.1, 0.15) is 36.4 Å². The molecule has 1 saturated heterocycles. The number of rotatable bonds is 4. The van der Waals surface area contributed by atoms with Crippen LogP contribution in [0, 0.1) is 11.3 Å². The van der Waals surface area contributed by atoms with E-state index in [2.05, 4.69) is 6.07 Å². The molecule has 0 spiro atoms. The smallest absolute Gasteiger partial charge is 0.410 e. The van der Waals surface area contributed by atoms with Gasteiger partial charge in [0.25, 0.3) is 0 Å². The molecule has 1 aromatic carbocycles. The number of nitrogens with zero attached hydrogens (tertiary/aromatic N) is 2. The Morgan fingerprint density at radius 1 is 1.57 bits per heavy atom. The highest BCUT2D eigenvalue weighted by Gasteiger charge is 2.29. The van der Waals surface area contributed by atoms with Crippen LogP contribution in [-0.2, 0) is 4.74 Å². The molecule has 0 radical (unpaired) electrons. The van der Waals surface area contributed by atoms with Crippen LogP contribution < -0.4 is 0 Å². The highest BCUT2D eigenvalue weighted by molar-refractivity contribution is 8.01. The monoisotopic (exact) mass is 350 g/mol. The highest BCUT2D eigenvalue weighted by Crippen LogP contribution is 2.33. The Labute approximate surface area is 146 Å². The third-order valence-electron chi connectivity index (χ3n) is 3.77. The molecule has 0 N–H and O–H groups in total. The molecule has 23 heavy (non-hydrogen) atoms. The van der Waals surface area contributed by atoms with E-state index in [0.29, 0.717) is 17.1 Å². The third kappa shape index (κ3) is 4.66. The van der Waals surface area contributed by atoms with Gasteiger partial charge in [-0.15, -0.1) is 11.8 Å². The Morgan fingerprint density at radius 3 is 3.09 bits per heavy atom. The topological polar surface area (TPSA) is 53.3 Å². The Kier molecular flexibility index (Phi) is 6.82. The predicted molar refractivity (Wildman–Crippen MR) is 93.5 cm³/mol. The Hall–Kier alpha value is -1.64. The van der Waals surface area contributed by atoms with Crippen LogP contribution in [0.5, 0.6) is 0 Å². The minimum atomic E-state index is -0.305. The number of carbonyl (C=O) groups excluding carboxylic acids is 1. The quantitative estimate of drug-likeness (QED) is 0.786. The number of piperidine rings is 1. The number of hydrogen-bond donors (Lipinski definition) is 0. The summed E-state index contributed by atoms with van der Waals surface area (Å²) < 4.78 is 5.31. The third-order valence-corrected chi connectivity index (χ3v) is 4.55. The maximum Gasteiger partial charge on any atom is 0.410 e. The van der Waals surface area contributed by atoms with Crippen molar-refractivity contribution in [1.29, 1.82) is 5.26 Å². The van der Waals surface area contributed by atoms with Crippen molar-refractivity contribution in [2.75, 3.05) is 19.4 Å². The summed E-state index contributed by atoms with van der Waals surface area (Å²) >= 11 is 7.69. The fraction of sp³-hybridized carbons (Fsp3) is 0.412. The molecule has 1 heterocycles. The van der Waals surface area contributed by atoms with E-state index in [1.807, 2.05) is 23.8 Å². The summed E-state index contributed by atoms with van der Waals surface area (Å²) in [5.41, 5.74) is 1.40. The average Bonchev–Trinajstić information content (AvgIpc) is 2.58. The van der Waals surface area contributed by atoms with Crippen LogP contribution in [-0.4, -0.2) is 30.4 Å². The standard InChI is InChI=1S/C17H19ClN2O2S/c1-23-10-4-9-22-17(21)20-8-3-2-5-16(20)13-6-7-14(12-19)15(18)11-13/h4,6-7,10-11,16H,2-3,5,8-9H2,1H3/b10-4+. The molecule has 0 aromatic heterocycles. The number of benzene rings is 1. The second kappa shape index (κ2) is 8.85. The van der Waals surface area contributed by atoms with E-state index < -0.39 is 0 Å². The van der Waals surface area contributed by atoms with Crippen LogP contribution in [0.25, 0.3) is 0 Å².